The molecule has 0 fully saturated rings. The Labute approximate surface area is 124 Å². The van der Waals surface area contributed by atoms with Crippen LogP contribution < -0.4 is 14.8 Å². The number of rotatable bonds is 5. The van der Waals surface area contributed by atoms with Crippen molar-refractivity contribution in [2.75, 3.05) is 21.3 Å². The molecule has 0 saturated carbocycles. The number of ether oxygens (including phenoxy) is 2. The van der Waals surface area contributed by atoms with Crippen LogP contribution in [0.15, 0.2) is 36.4 Å². The molecule has 0 spiro atoms. The molecule has 112 valence electrons. The van der Waals surface area contributed by atoms with Gasteiger partial charge in [-0.05, 0) is 49.4 Å². The molecule has 4 heteroatoms. The Morgan fingerprint density at radius 1 is 1.05 bits per heavy atom. The van der Waals surface area contributed by atoms with E-state index in [0.29, 0.717) is 11.5 Å². The van der Waals surface area contributed by atoms with Crippen molar-refractivity contribution >= 4 is 0 Å². The van der Waals surface area contributed by atoms with Gasteiger partial charge in [0, 0.05) is 11.6 Å². The van der Waals surface area contributed by atoms with Crippen molar-refractivity contribution in [1.29, 1.82) is 0 Å². The molecule has 0 aliphatic carbocycles. The second-order valence-corrected chi connectivity index (χ2v) is 4.82. The highest BCUT2D eigenvalue weighted by atomic mass is 19.1. The summed E-state index contributed by atoms with van der Waals surface area (Å²) < 4.78 is 24.0. The number of halogens is 1. The maximum atomic E-state index is 13.1. The van der Waals surface area contributed by atoms with E-state index in [1.54, 1.807) is 26.4 Å². The second-order valence-electron chi connectivity index (χ2n) is 4.82. The molecule has 0 heterocycles. The van der Waals surface area contributed by atoms with Crippen molar-refractivity contribution in [3.63, 3.8) is 0 Å². The van der Waals surface area contributed by atoms with E-state index in [1.807, 2.05) is 19.2 Å². The number of benzene rings is 2. The lowest BCUT2D eigenvalue weighted by atomic mass is 9.98. The van der Waals surface area contributed by atoms with E-state index in [1.165, 1.54) is 12.1 Å². The van der Waals surface area contributed by atoms with E-state index in [0.717, 1.165) is 16.7 Å². The molecule has 0 bridgehead atoms. The molecule has 0 amide bonds. The first kappa shape index (κ1) is 15.3. The Bertz CT molecular complexity index is 611. The summed E-state index contributed by atoms with van der Waals surface area (Å²) >= 11 is 0. The monoisotopic (exact) mass is 289 g/mol. The standard InChI is InChI=1S/C17H20FNO2/c1-11(19-2)13-9-15(12-5-7-14(18)8-6-12)17(21-4)16(10-13)20-3/h5-11,19H,1-4H3. The third-order valence-electron chi connectivity index (χ3n) is 3.59. The zero-order valence-electron chi connectivity index (χ0n) is 12.7. The minimum Gasteiger partial charge on any atom is -0.493 e. The Hall–Kier alpha value is -2.07. The van der Waals surface area contributed by atoms with E-state index >= 15 is 0 Å². The highest BCUT2D eigenvalue weighted by Crippen LogP contribution is 2.40. The lowest BCUT2D eigenvalue weighted by Gasteiger charge is -2.18. The van der Waals surface area contributed by atoms with Crippen LogP contribution in [0.1, 0.15) is 18.5 Å². The molecule has 0 aromatic heterocycles. The normalized spacial score (nSPS) is 12.0. The van der Waals surface area contributed by atoms with Crippen LogP contribution in [0.4, 0.5) is 4.39 Å². The minimum absolute atomic E-state index is 0.170. The van der Waals surface area contributed by atoms with Gasteiger partial charge in [0.15, 0.2) is 11.5 Å². The number of hydrogen-bond acceptors (Lipinski definition) is 3. The van der Waals surface area contributed by atoms with Gasteiger partial charge in [-0.25, -0.2) is 4.39 Å². The molecule has 3 nitrogen and oxygen atoms in total. The molecule has 0 aliphatic rings. The van der Waals surface area contributed by atoms with Crippen LogP contribution in [0.5, 0.6) is 11.5 Å². The molecule has 1 unspecified atom stereocenters. The fraction of sp³-hybridized carbons (Fsp3) is 0.294. The molecule has 0 aliphatic heterocycles. The van der Waals surface area contributed by atoms with E-state index in [2.05, 4.69) is 12.2 Å². The van der Waals surface area contributed by atoms with Gasteiger partial charge in [-0.3, -0.25) is 0 Å². The van der Waals surface area contributed by atoms with E-state index in [-0.39, 0.29) is 11.9 Å². The van der Waals surface area contributed by atoms with Crippen molar-refractivity contribution in [3.05, 3.63) is 47.8 Å². The van der Waals surface area contributed by atoms with E-state index in [9.17, 15) is 4.39 Å². The molecular formula is C17H20FNO2. The summed E-state index contributed by atoms with van der Waals surface area (Å²) in [6.07, 6.45) is 0. The average Bonchev–Trinajstić information content (AvgIpc) is 2.53. The lowest BCUT2D eigenvalue weighted by Crippen LogP contribution is -2.12. The van der Waals surface area contributed by atoms with E-state index < -0.39 is 0 Å². The van der Waals surface area contributed by atoms with Gasteiger partial charge in [0.05, 0.1) is 14.2 Å². The van der Waals surface area contributed by atoms with Crippen molar-refractivity contribution in [2.45, 2.75) is 13.0 Å². The molecule has 2 rings (SSSR count). The van der Waals surface area contributed by atoms with Gasteiger partial charge < -0.3 is 14.8 Å². The highest BCUT2D eigenvalue weighted by Gasteiger charge is 2.16. The molecule has 2 aromatic rings. The lowest BCUT2D eigenvalue weighted by molar-refractivity contribution is 0.355. The molecule has 1 atom stereocenters. The Morgan fingerprint density at radius 2 is 1.71 bits per heavy atom. The Morgan fingerprint density at radius 3 is 2.24 bits per heavy atom. The molecule has 0 radical (unpaired) electrons. The molecule has 1 N–H and O–H groups in total. The summed E-state index contributed by atoms with van der Waals surface area (Å²) in [6, 6.07) is 10.5. The van der Waals surface area contributed by atoms with Crippen molar-refractivity contribution in [3.8, 4) is 22.6 Å². The van der Waals surface area contributed by atoms with Gasteiger partial charge in [-0.2, -0.15) is 0 Å². The average molecular weight is 289 g/mol. The summed E-state index contributed by atoms with van der Waals surface area (Å²) in [5.41, 5.74) is 2.85. The molecule has 21 heavy (non-hydrogen) atoms. The largest absolute Gasteiger partial charge is 0.493 e. The summed E-state index contributed by atoms with van der Waals surface area (Å²) in [4.78, 5) is 0. The van der Waals surface area contributed by atoms with Crippen LogP contribution in [0, 0.1) is 5.82 Å². The first-order valence-corrected chi connectivity index (χ1v) is 6.79. The predicted octanol–water partition coefficient (Wildman–Crippen LogP) is 3.79. The summed E-state index contributed by atoms with van der Waals surface area (Å²) in [5, 5.41) is 3.20. The first-order valence-electron chi connectivity index (χ1n) is 6.79. The number of hydrogen-bond donors (Lipinski definition) is 1. The van der Waals surface area contributed by atoms with Crippen LogP contribution in [0.2, 0.25) is 0 Å². The SMILES string of the molecule is CNC(C)c1cc(OC)c(OC)c(-c2ccc(F)cc2)c1. The molecule has 0 saturated heterocycles. The van der Waals surface area contributed by atoms with Gasteiger partial charge in [0.25, 0.3) is 0 Å². The second kappa shape index (κ2) is 6.59. The third kappa shape index (κ3) is 3.16. The number of methoxy groups -OCH3 is 2. The quantitative estimate of drug-likeness (QED) is 0.908. The zero-order chi connectivity index (χ0) is 15.4. The van der Waals surface area contributed by atoms with Crippen LogP contribution in [-0.4, -0.2) is 21.3 Å². The topological polar surface area (TPSA) is 30.5 Å². The summed E-state index contributed by atoms with van der Waals surface area (Å²) in [5.74, 6) is 1.05. The maximum absolute atomic E-state index is 13.1. The van der Waals surface area contributed by atoms with Crippen molar-refractivity contribution < 1.29 is 13.9 Å². The Balaban J connectivity index is 2.63. The molecule has 2 aromatic carbocycles. The van der Waals surface area contributed by atoms with Gasteiger partial charge in [-0.15, -0.1) is 0 Å². The zero-order valence-corrected chi connectivity index (χ0v) is 12.7. The third-order valence-corrected chi connectivity index (χ3v) is 3.59. The fourth-order valence-electron chi connectivity index (χ4n) is 2.25. The summed E-state index contributed by atoms with van der Waals surface area (Å²) in [6.45, 7) is 2.07. The predicted molar refractivity (Wildman–Crippen MR) is 82.4 cm³/mol. The minimum atomic E-state index is -0.260. The van der Waals surface area contributed by atoms with E-state index in [4.69, 9.17) is 9.47 Å². The van der Waals surface area contributed by atoms with Crippen LogP contribution in [0.25, 0.3) is 11.1 Å². The number of nitrogens with one attached hydrogen (secondary N) is 1. The van der Waals surface area contributed by atoms with Gasteiger partial charge >= 0.3 is 0 Å². The van der Waals surface area contributed by atoms with Crippen molar-refractivity contribution in [1.82, 2.24) is 5.32 Å². The maximum Gasteiger partial charge on any atom is 0.168 e. The Kier molecular flexibility index (Phi) is 4.81. The van der Waals surface area contributed by atoms with Gasteiger partial charge in [0.2, 0.25) is 0 Å². The fourth-order valence-corrected chi connectivity index (χ4v) is 2.25. The van der Waals surface area contributed by atoms with Gasteiger partial charge in [0.1, 0.15) is 5.82 Å². The van der Waals surface area contributed by atoms with Crippen LogP contribution in [-0.2, 0) is 0 Å². The smallest absolute Gasteiger partial charge is 0.168 e. The van der Waals surface area contributed by atoms with Crippen LogP contribution >= 0.6 is 0 Å². The first-order chi connectivity index (χ1) is 10.1. The van der Waals surface area contributed by atoms with Crippen molar-refractivity contribution in [2.24, 2.45) is 0 Å². The van der Waals surface area contributed by atoms with Crippen LogP contribution in [0.3, 0.4) is 0 Å². The molecular weight excluding hydrogens is 269 g/mol. The summed E-state index contributed by atoms with van der Waals surface area (Å²) in [7, 11) is 5.12. The highest BCUT2D eigenvalue weighted by molar-refractivity contribution is 5.75. The van der Waals surface area contributed by atoms with Gasteiger partial charge in [-0.1, -0.05) is 12.1 Å².